The molecular weight excluding hydrogens is 356 g/mol. The largest absolute Gasteiger partial charge is 0.504 e. The van der Waals surface area contributed by atoms with Gasteiger partial charge in [0.1, 0.15) is 11.5 Å². The number of carbonyl (C=O) groups excluding carboxylic acids is 1. The van der Waals surface area contributed by atoms with Gasteiger partial charge in [0, 0.05) is 30.3 Å². The van der Waals surface area contributed by atoms with Crippen LogP contribution in [0.5, 0.6) is 23.0 Å². The number of methoxy groups -OCH3 is 1. The lowest BCUT2D eigenvalue weighted by atomic mass is 10.0. The summed E-state index contributed by atoms with van der Waals surface area (Å²) in [7, 11) is 3.10. The van der Waals surface area contributed by atoms with E-state index in [2.05, 4.69) is 10.3 Å². The highest BCUT2D eigenvalue weighted by atomic mass is 16.5. The van der Waals surface area contributed by atoms with Crippen molar-refractivity contribution in [2.45, 2.75) is 0 Å². The summed E-state index contributed by atoms with van der Waals surface area (Å²) in [5, 5.41) is 15.1. The molecule has 0 spiro atoms. The van der Waals surface area contributed by atoms with Gasteiger partial charge in [0.2, 0.25) is 0 Å². The third kappa shape index (κ3) is 3.05. The average Bonchev–Trinajstić information content (AvgIpc) is 2.72. The molecule has 1 aromatic heterocycles. The van der Waals surface area contributed by atoms with Crippen LogP contribution in [-0.2, 0) is 0 Å². The molecule has 0 aliphatic heterocycles. The molecule has 0 saturated carbocycles. The van der Waals surface area contributed by atoms with Crippen molar-refractivity contribution in [2.75, 3.05) is 14.2 Å². The van der Waals surface area contributed by atoms with Crippen molar-refractivity contribution in [1.82, 2.24) is 10.3 Å². The number of nitrogens with one attached hydrogen (secondary N) is 1. The Kier molecular flexibility index (Phi) is 4.45. The monoisotopic (exact) mass is 374 g/mol. The zero-order valence-electron chi connectivity index (χ0n) is 15.4. The highest BCUT2D eigenvalue weighted by Gasteiger charge is 2.12. The number of carbonyl (C=O) groups is 1. The number of aromatic nitrogens is 1. The number of aromatic hydroxyl groups is 1. The Bertz CT molecular complexity index is 1200. The molecular formula is C22H18N2O4. The third-order valence-corrected chi connectivity index (χ3v) is 4.55. The number of fused-ring (bicyclic) bond motifs is 2. The third-order valence-electron chi connectivity index (χ3n) is 4.55. The van der Waals surface area contributed by atoms with E-state index in [0.29, 0.717) is 28.3 Å². The van der Waals surface area contributed by atoms with Gasteiger partial charge in [-0.2, -0.15) is 0 Å². The molecule has 4 aromatic rings. The molecule has 4 rings (SSSR count). The minimum Gasteiger partial charge on any atom is -0.504 e. The Morgan fingerprint density at radius 2 is 1.89 bits per heavy atom. The Balaban J connectivity index is 1.77. The fourth-order valence-corrected chi connectivity index (χ4v) is 3.17. The predicted octanol–water partition coefficient (Wildman–Crippen LogP) is 4.25. The minimum absolute atomic E-state index is 0.0204. The number of phenols is 1. The van der Waals surface area contributed by atoms with Crippen LogP contribution in [0.3, 0.4) is 0 Å². The van der Waals surface area contributed by atoms with Crippen molar-refractivity contribution < 1.29 is 19.4 Å². The molecule has 6 heteroatoms. The van der Waals surface area contributed by atoms with E-state index in [1.54, 1.807) is 31.4 Å². The molecule has 0 saturated heterocycles. The molecule has 0 bridgehead atoms. The topological polar surface area (TPSA) is 80.7 Å². The van der Waals surface area contributed by atoms with Crippen molar-refractivity contribution in [3.63, 3.8) is 0 Å². The van der Waals surface area contributed by atoms with E-state index >= 15 is 0 Å². The van der Waals surface area contributed by atoms with Gasteiger partial charge in [0.25, 0.3) is 5.91 Å². The van der Waals surface area contributed by atoms with Gasteiger partial charge >= 0.3 is 0 Å². The van der Waals surface area contributed by atoms with Crippen LogP contribution in [-0.4, -0.2) is 30.2 Å². The number of rotatable bonds is 4. The summed E-state index contributed by atoms with van der Waals surface area (Å²) in [6, 6.07) is 16.1. The van der Waals surface area contributed by atoms with E-state index in [9.17, 15) is 9.90 Å². The van der Waals surface area contributed by atoms with E-state index in [-0.39, 0.29) is 11.7 Å². The normalized spacial score (nSPS) is 10.8. The highest BCUT2D eigenvalue weighted by molar-refractivity contribution is 6.07. The number of hydrogen-bond acceptors (Lipinski definition) is 5. The summed E-state index contributed by atoms with van der Waals surface area (Å²) >= 11 is 0. The van der Waals surface area contributed by atoms with Crippen LogP contribution in [0.4, 0.5) is 0 Å². The number of ether oxygens (including phenoxy) is 2. The van der Waals surface area contributed by atoms with Crippen molar-refractivity contribution in [3.8, 4) is 23.0 Å². The Morgan fingerprint density at radius 1 is 1.04 bits per heavy atom. The maximum absolute atomic E-state index is 12.1. The number of phenolic OH excluding ortho intramolecular Hbond substituents is 1. The number of amides is 1. The first-order valence-corrected chi connectivity index (χ1v) is 8.69. The number of pyridine rings is 1. The fourth-order valence-electron chi connectivity index (χ4n) is 3.17. The van der Waals surface area contributed by atoms with Gasteiger partial charge in [-0.15, -0.1) is 0 Å². The molecule has 6 nitrogen and oxygen atoms in total. The molecule has 0 aliphatic carbocycles. The lowest BCUT2D eigenvalue weighted by molar-refractivity contribution is 0.0964. The Hall–Kier alpha value is -3.80. The molecule has 28 heavy (non-hydrogen) atoms. The van der Waals surface area contributed by atoms with Gasteiger partial charge in [0.15, 0.2) is 11.5 Å². The molecule has 0 unspecified atom stereocenters. The van der Waals surface area contributed by atoms with Gasteiger partial charge in [-0.25, -0.2) is 0 Å². The second-order valence-corrected chi connectivity index (χ2v) is 6.22. The molecule has 140 valence electrons. The van der Waals surface area contributed by atoms with Crippen LogP contribution < -0.4 is 14.8 Å². The first kappa shape index (κ1) is 17.6. The quantitative estimate of drug-likeness (QED) is 0.558. The van der Waals surface area contributed by atoms with Gasteiger partial charge in [-0.3, -0.25) is 9.78 Å². The molecule has 1 amide bonds. The zero-order valence-corrected chi connectivity index (χ0v) is 15.4. The van der Waals surface area contributed by atoms with Gasteiger partial charge < -0.3 is 19.9 Å². The molecule has 3 aromatic carbocycles. The summed E-state index contributed by atoms with van der Waals surface area (Å²) in [4.78, 5) is 16.3. The predicted molar refractivity (Wildman–Crippen MR) is 107 cm³/mol. The lowest BCUT2D eigenvalue weighted by Gasteiger charge is -2.12. The summed E-state index contributed by atoms with van der Waals surface area (Å²) in [6.45, 7) is 0. The van der Waals surface area contributed by atoms with Crippen LogP contribution in [0.1, 0.15) is 10.4 Å². The van der Waals surface area contributed by atoms with Crippen molar-refractivity contribution in [1.29, 1.82) is 0 Å². The minimum atomic E-state index is -0.133. The summed E-state index contributed by atoms with van der Waals surface area (Å²) in [5.41, 5.74) is 1.21. The highest BCUT2D eigenvalue weighted by Crippen LogP contribution is 2.36. The second-order valence-electron chi connectivity index (χ2n) is 6.22. The van der Waals surface area contributed by atoms with Crippen LogP contribution in [0.15, 0.2) is 60.8 Å². The first-order valence-electron chi connectivity index (χ1n) is 8.69. The van der Waals surface area contributed by atoms with Crippen LogP contribution in [0, 0.1) is 0 Å². The maximum atomic E-state index is 12.1. The number of nitrogens with zero attached hydrogens (tertiary/aromatic N) is 1. The van der Waals surface area contributed by atoms with Gasteiger partial charge in [-0.1, -0.05) is 12.1 Å². The molecule has 0 radical (unpaired) electrons. The summed E-state index contributed by atoms with van der Waals surface area (Å²) in [6.07, 6.45) is 1.62. The SMILES string of the molecule is CNC(=O)c1cccc2cc(Oc3ccnc4cc(O)c(OC)cc34)ccc12. The molecule has 1 heterocycles. The van der Waals surface area contributed by atoms with Crippen LogP contribution >= 0.6 is 0 Å². The smallest absolute Gasteiger partial charge is 0.251 e. The molecule has 0 aliphatic rings. The van der Waals surface area contributed by atoms with Crippen LogP contribution in [0.2, 0.25) is 0 Å². The Labute approximate surface area is 161 Å². The zero-order chi connectivity index (χ0) is 19.7. The van der Waals surface area contributed by atoms with E-state index in [1.165, 1.54) is 13.2 Å². The first-order chi connectivity index (χ1) is 13.6. The van der Waals surface area contributed by atoms with Crippen molar-refractivity contribution >= 4 is 27.6 Å². The van der Waals surface area contributed by atoms with Crippen molar-refractivity contribution in [2.24, 2.45) is 0 Å². The second kappa shape index (κ2) is 7.08. The average molecular weight is 374 g/mol. The van der Waals surface area contributed by atoms with Crippen molar-refractivity contribution in [3.05, 3.63) is 66.4 Å². The van der Waals surface area contributed by atoms with E-state index in [1.807, 2.05) is 30.3 Å². The number of hydrogen-bond donors (Lipinski definition) is 2. The fraction of sp³-hybridized carbons (Fsp3) is 0.0909. The molecule has 0 fully saturated rings. The number of benzene rings is 3. The van der Waals surface area contributed by atoms with E-state index < -0.39 is 0 Å². The van der Waals surface area contributed by atoms with Gasteiger partial charge in [0.05, 0.1) is 12.6 Å². The van der Waals surface area contributed by atoms with E-state index in [4.69, 9.17) is 9.47 Å². The standard InChI is InChI=1S/C22H18N2O4/c1-23-22(26)16-5-3-4-13-10-14(6-7-15(13)16)28-20-8-9-24-18-12-19(25)21(27-2)11-17(18)20/h3-12,25H,1-2H3,(H,23,26). The molecule has 2 N–H and O–H groups in total. The van der Waals surface area contributed by atoms with E-state index in [0.717, 1.165) is 16.2 Å². The lowest BCUT2D eigenvalue weighted by Crippen LogP contribution is -2.17. The molecule has 0 atom stereocenters. The van der Waals surface area contributed by atoms with Gasteiger partial charge in [-0.05, 0) is 47.2 Å². The Morgan fingerprint density at radius 3 is 2.68 bits per heavy atom. The summed E-state index contributed by atoms with van der Waals surface area (Å²) < 4.78 is 11.3. The maximum Gasteiger partial charge on any atom is 0.251 e. The van der Waals surface area contributed by atoms with Crippen LogP contribution in [0.25, 0.3) is 21.7 Å². The summed E-state index contributed by atoms with van der Waals surface area (Å²) in [5.74, 6) is 1.45.